The van der Waals surface area contributed by atoms with Crippen molar-refractivity contribution in [1.82, 2.24) is 0 Å². The largest absolute Gasteiger partial charge is 0.490 e. The minimum atomic E-state index is -0.820. The highest BCUT2D eigenvalue weighted by Crippen LogP contribution is 2.24. The number of carboxylic acids is 1. The SMILES string of the molecule is Cc1cc(C)cc(OCCOc2ccc(Br)cc2CCC(=O)O)c1. The van der Waals surface area contributed by atoms with Crippen molar-refractivity contribution in [2.75, 3.05) is 13.2 Å². The van der Waals surface area contributed by atoms with Crippen molar-refractivity contribution in [2.24, 2.45) is 0 Å². The van der Waals surface area contributed by atoms with Crippen LogP contribution in [0.3, 0.4) is 0 Å². The van der Waals surface area contributed by atoms with E-state index in [4.69, 9.17) is 14.6 Å². The first-order valence-electron chi connectivity index (χ1n) is 7.78. The van der Waals surface area contributed by atoms with Gasteiger partial charge in [0.2, 0.25) is 0 Å². The number of carbonyl (C=O) groups is 1. The molecule has 0 fully saturated rings. The van der Waals surface area contributed by atoms with E-state index >= 15 is 0 Å². The summed E-state index contributed by atoms with van der Waals surface area (Å²) in [5, 5.41) is 8.85. The second kappa shape index (κ2) is 8.73. The smallest absolute Gasteiger partial charge is 0.303 e. The van der Waals surface area contributed by atoms with Gasteiger partial charge in [-0.15, -0.1) is 0 Å². The quantitative estimate of drug-likeness (QED) is 0.669. The Kier molecular flexibility index (Phi) is 6.67. The van der Waals surface area contributed by atoms with Gasteiger partial charge in [-0.1, -0.05) is 22.0 Å². The molecule has 2 aromatic carbocycles. The van der Waals surface area contributed by atoms with E-state index in [0.717, 1.165) is 26.9 Å². The van der Waals surface area contributed by atoms with Gasteiger partial charge in [0.15, 0.2) is 0 Å². The second-order valence-electron chi connectivity index (χ2n) is 5.67. The van der Waals surface area contributed by atoms with Crippen LogP contribution in [0.15, 0.2) is 40.9 Å². The van der Waals surface area contributed by atoms with Crippen molar-refractivity contribution < 1.29 is 19.4 Å². The van der Waals surface area contributed by atoms with Crippen LogP contribution in [-0.2, 0) is 11.2 Å². The molecule has 0 aliphatic rings. The number of carboxylic acid groups (broad SMARTS) is 1. The van der Waals surface area contributed by atoms with Crippen molar-refractivity contribution in [2.45, 2.75) is 26.7 Å². The lowest BCUT2D eigenvalue weighted by Gasteiger charge is -2.13. The molecule has 5 heteroatoms. The van der Waals surface area contributed by atoms with Crippen molar-refractivity contribution in [3.05, 3.63) is 57.6 Å². The molecule has 0 heterocycles. The third kappa shape index (κ3) is 5.89. The van der Waals surface area contributed by atoms with Gasteiger partial charge in [0.25, 0.3) is 0 Å². The molecule has 4 nitrogen and oxygen atoms in total. The van der Waals surface area contributed by atoms with Crippen molar-refractivity contribution in [3.8, 4) is 11.5 Å². The molecule has 0 aliphatic carbocycles. The fourth-order valence-corrected chi connectivity index (χ4v) is 2.86. The van der Waals surface area contributed by atoms with Gasteiger partial charge in [0, 0.05) is 10.9 Å². The van der Waals surface area contributed by atoms with E-state index in [9.17, 15) is 4.79 Å². The van der Waals surface area contributed by atoms with Crippen molar-refractivity contribution in [3.63, 3.8) is 0 Å². The molecule has 0 radical (unpaired) electrons. The van der Waals surface area contributed by atoms with Crippen LogP contribution in [0.5, 0.6) is 11.5 Å². The predicted octanol–water partition coefficient (Wildman–Crippen LogP) is 4.54. The Morgan fingerprint density at radius 2 is 1.71 bits per heavy atom. The topological polar surface area (TPSA) is 55.8 Å². The van der Waals surface area contributed by atoms with Gasteiger partial charge in [-0.05, 0) is 67.3 Å². The first-order chi connectivity index (χ1) is 11.4. The van der Waals surface area contributed by atoms with E-state index in [1.165, 1.54) is 0 Å². The standard InChI is InChI=1S/C19H21BrO4/c1-13-9-14(2)11-17(10-13)23-7-8-24-18-5-4-16(20)12-15(18)3-6-19(21)22/h4-5,9-12H,3,6-8H2,1-2H3,(H,21,22). The van der Waals surface area contributed by atoms with Crippen LogP contribution in [0, 0.1) is 13.8 Å². The highest BCUT2D eigenvalue weighted by atomic mass is 79.9. The molecule has 0 bridgehead atoms. The molecule has 128 valence electrons. The summed E-state index contributed by atoms with van der Waals surface area (Å²) in [5.41, 5.74) is 3.20. The third-order valence-corrected chi connectivity index (χ3v) is 3.93. The maximum atomic E-state index is 10.8. The van der Waals surface area contributed by atoms with E-state index in [-0.39, 0.29) is 6.42 Å². The summed E-state index contributed by atoms with van der Waals surface area (Å²) in [6.45, 7) is 4.89. The Hall–Kier alpha value is -2.01. The lowest BCUT2D eigenvalue weighted by molar-refractivity contribution is -0.136. The fourth-order valence-electron chi connectivity index (χ4n) is 2.45. The van der Waals surface area contributed by atoms with Crippen LogP contribution >= 0.6 is 15.9 Å². The van der Waals surface area contributed by atoms with E-state index in [1.54, 1.807) is 0 Å². The van der Waals surface area contributed by atoms with Gasteiger partial charge in [-0.25, -0.2) is 0 Å². The van der Waals surface area contributed by atoms with Crippen LogP contribution < -0.4 is 9.47 Å². The molecule has 0 saturated carbocycles. The highest BCUT2D eigenvalue weighted by Gasteiger charge is 2.07. The third-order valence-electron chi connectivity index (χ3n) is 3.44. The number of aryl methyl sites for hydroxylation is 3. The normalized spacial score (nSPS) is 10.5. The van der Waals surface area contributed by atoms with Gasteiger partial charge in [0.05, 0.1) is 0 Å². The predicted molar refractivity (Wildman–Crippen MR) is 97.0 cm³/mol. The van der Waals surface area contributed by atoms with Crippen LogP contribution in [0.4, 0.5) is 0 Å². The fraction of sp³-hybridized carbons (Fsp3) is 0.316. The molecule has 0 unspecified atom stereocenters. The molecule has 0 saturated heterocycles. The zero-order chi connectivity index (χ0) is 17.5. The highest BCUT2D eigenvalue weighted by molar-refractivity contribution is 9.10. The summed E-state index contributed by atoms with van der Waals surface area (Å²) < 4.78 is 12.4. The monoisotopic (exact) mass is 392 g/mol. The van der Waals surface area contributed by atoms with Gasteiger partial charge in [0.1, 0.15) is 24.7 Å². The average Bonchev–Trinajstić information content (AvgIpc) is 2.50. The van der Waals surface area contributed by atoms with Gasteiger partial charge < -0.3 is 14.6 Å². The molecule has 2 aromatic rings. The number of hydrogen-bond donors (Lipinski definition) is 1. The van der Waals surface area contributed by atoms with Crippen LogP contribution in [0.25, 0.3) is 0 Å². The van der Waals surface area contributed by atoms with Gasteiger partial charge in [-0.2, -0.15) is 0 Å². The molecule has 24 heavy (non-hydrogen) atoms. The Morgan fingerprint density at radius 1 is 1.04 bits per heavy atom. The van der Waals surface area contributed by atoms with Crippen LogP contribution in [0.2, 0.25) is 0 Å². The Labute approximate surface area is 150 Å². The van der Waals surface area contributed by atoms with E-state index in [1.807, 2.05) is 44.2 Å². The molecular weight excluding hydrogens is 372 g/mol. The van der Waals surface area contributed by atoms with E-state index in [2.05, 4.69) is 22.0 Å². The second-order valence-corrected chi connectivity index (χ2v) is 6.58. The summed E-state index contributed by atoms with van der Waals surface area (Å²) in [6.07, 6.45) is 0.508. The molecule has 0 aliphatic heterocycles. The summed E-state index contributed by atoms with van der Waals surface area (Å²) in [6, 6.07) is 11.7. The van der Waals surface area contributed by atoms with Gasteiger partial charge >= 0.3 is 5.97 Å². The minimum absolute atomic E-state index is 0.0753. The molecule has 0 spiro atoms. The summed E-state index contributed by atoms with van der Waals surface area (Å²) in [4.78, 5) is 10.8. The van der Waals surface area contributed by atoms with E-state index in [0.29, 0.717) is 25.4 Å². The number of benzene rings is 2. The van der Waals surface area contributed by atoms with Crippen LogP contribution in [0.1, 0.15) is 23.1 Å². The maximum Gasteiger partial charge on any atom is 0.303 e. The number of rotatable bonds is 8. The maximum absolute atomic E-state index is 10.8. The van der Waals surface area contributed by atoms with Gasteiger partial charge in [-0.3, -0.25) is 4.79 Å². The zero-order valence-electron chi connectivity index (χ0n) is 13.8. The lowest BCUT2D eigenvalue weighted by atomic mass is 10.1. The molecular formula is C19H21BrO4. The first-order valence-corrected chi connectivity index (χ1v) is 8.57. The molecule has 1 N–H and O–H groups in total. The summed E-state index contributed by atoms with van der Waals surface area (Å²) >= 11 is 3.40. The zero-order valence-corrected chi connectivity index (χ0v) is 15.4. The number of aliphatic carboxylic acids is 1. The average molecular weight is 393 g/mol. The number of halogens is 1. The molecule has 0 amide bonds. The molecule has 0 atom stereocenters. The van der Waals surface area contributed by atoms with E-state index < -0.39 is 5.97 Å². The molecule has 0 aromatic heterocycles. The number of ether oxygens (including phenoxy) is 2. The minimum Gasteiger partial charge on any atom is -0.490 e. The Morgan fingerprint density at radius 3 is 2.38 bits per heavy atom. The Balaban J connectivity index is 1.90. The van der Waals surface area contributed by atoms with Crippen molar-refractivity contribution in [1.29, 1.82) is 0 Å². The number of hydrogen-bond acceptors (Lipinski definition) is 3. The van der Waals surface area contributed by atoms with Crippen LogP contribution in [-0.4, -0.2) is 24.3 Å². The Bertz CT molecular complexity index is 692. The lowest BCUT2D eigenvalue weighted by Crippen LogP contribution is -2.10. The van der Waals surface area contributed by atoms with Crippen molar-refractivity contribution >= 4 is 21.9 Å². The summed E-state index contributed by atoms with van der Waals surface area (Å²) in [7, 11) is 0. The summed E-state index contributed by atoms with van der Waals surface area (Å²) in [5.74, 6) is 0.709. The first kappa shape index (κ1) is 18.3. The molecule has 2 rings (SSSR count).